The van der Waals surface area contributed by atoms with Crippen LogP contribution in [0.3, 0.4) is 0 Å². The Morgan fingerprint density at radius 2 is 2.26 bits per heavy atom. The minimum Gasteiger partial charge on any atom is -0.493 e. The summed E-state index contributed by atoms with van der Waals surface area (Å²) < 4.78 is 5.55. The molecule has 1 N–H and O–H groups in total. The van der Waals surface area contributed by atoms with Crippen molar-refractivity contribution in [2.24, 2.45) is 0 Å². The third-order valence-electron chi connectivity index (χ3n) is 3.11. The third kappa shape index (κ3) is 2.08. The zero-order chi connectivity index (χ0) is 13.2. The SMILES string of the molecule is N#Cc1cc(=O)[nH]nc1-c1ccc2c(c1)CCCO2. The Morgan fingerprint density at radius 3 is 3.11 bits per heavy atom. The molecule has 5 nitrogen and oxygen atoms in total. The summed E-state index contributed by atoms with van der Waals surface area (Å²) in [5.74, 6) is 0.887. The van der Waals surface area contributed by atoms with Gasteiger partial charge in [0.1, 0.15) is 17.5 Å². The molecule has 0 saturated carbocycles. The number of nitriles is 1. The Hall–Kier alpha value is -2.61. The maximum absolute atomic E-state index is 11.2. The lowest BCUT2D eigenvalue weighted by atomic mass is 10.00. The molecule has 0 atom stereocenters. The van der Waals surface area contributed by atoms with E-state index in [0.717, 1.165) is 36.3 Å². The summed E-state index contributed by atoms with van der Waals surface area (Å²) in [4.78, 5) is 11.2. The number of aryl methyl sites for hydroxylation is 1. The van der Waals surface area contributed by atoms with Gasteiger partial charge >= 0.3 is 0 Å². The van der Waals surface area contributed by atoms with Gasteiger partial charge in [-0.15, -0.1) is 0 Å². The molecule has 0 amide bonds. The van der Waals surface area contributed by atoms with Gasteiger partial charge in [-0.3, -0.25) is 4.79 Å². The molecule has 0 bridgehead atoms. The first kappa shape index (κ1) is 11.5. The third-order valence-corrected chi connectivity index (χ3v) is 3.11. The Balaban J connectivity index is 2.12. The highest BCUT2D eigenvalue weighted by Gasteiger charge is 2.14. The molecule has 0 unspecified atom stereocenters. The van der Waals surface area contributed by atoms with Crippen molar-refractivity contribution >= 4 is 0 Å². The van der Waals surface area contributed by atoms with Gasteiger partial charge in [0.15, 0.2) is 0 Å². The van der Waals surface area contributed by atoms with Crippen LogP contribution in [0, 0.1) is 11.3 Å². The van der Waals surface area contributed by atoms with E-state index < -0.39 is 0 Å². The molecule has 19 heavy (non-hydrogen) atoms. The van der Waals surface area contributed by atoms with Gasteiger partial charge < -0.3 is 4.74 Å². The lowest BCUT2D eigenvalue weighted by molar-refractivity contribution is 0.288. The fraction of sp³-hybridized carbons (Fsp3) is 0.214. The van der Waals surface area contributed by atoms with Crippen molar-refractivity contribution in [2.45, 2.75) is 12.8 Å². The van der Waals surface area contributed by atoms with Crippen LogP contribution >= 0.6 is 0 Å². The first-order valence-corrected chi connectivity index (χ1v) is 6.04. The molecule has 3 rings (SSSR count). The normalized spacial score (nSPS) is 13.2. The Morgan fingerprint density at radius 1 is 1.37 bits per heavy atom. The summed E-state index contributed by atoms with van der Waals surface area (Å²) >= 11 is 0. The average molecular weight is 253 g/mol. The van der Waals surface area contributed by atoms with Crippen LogP contribution in [0.2, 0.25) is 0 Å². The fourth-order valence-electron chi connectivity index (χ4n) is 2.22. The van der Waals surface area contributed by atoms with E-state index in [9.17, 15) is 4.79 Å². The van der Waals surface area contributed by atoms with Crippen LogP contribution in [0.15, 0.2) is 29.1 Å². The van der Waals surface area contributed by atoms with E-state index in [0.29, 0.717) is 5.69 Å². The second-order valence-electron chi connectivity index (χ2n) is 4.38. The molecule has 94 valence electrons. The number of ether oxygens (including phenoxy) is 1. The van der Waals surface area contributed by atoms with Crippen molar-refractivity contribution < 1.29 is 4.74 Å². The summed E-state index contributed by atoms with van der Waals surface area (Å²) in [5, 5.41) is 15.4. The zero-order valence-electron chi connectivity index (χ0n) is 10.1. The molecule has 0 saturated heterocycles. The Labute approximate surface area is 109 Å². The van der Waals surface area contributed by atoms with Gasteiger partial charge in [-0.2, -0.15) is 10.4 Å². The minimum absolute atomic E-state index is 0.278. The number of hydrogen-bond donors (Lipinski definition) is 1. The van der Waals surface area contributed by atoms with Crippen LogP contribution in [-0.4, -0.2) is 16.8 Å². The second-order valence-corrected chi connectivity index (χ2v) is 4.38. The number of hydrogen-bond acceptors (Lipinski definition) is 4. The Kier molecular flexibility index (Phi) is 2.76. The molecule has 2 aromatic rings. The van der Waals surface area contributed by atoms with Gasteiger partial charge in [-0.25, -0.2) is 5.10 Å². The van der Waals surface area contributed by atoms with E-state index in [1.54, 1.807) is 0 Å². The Bertz CT molecular complexity index is 728. The molecule has 0 spiro atoms. The summed E-state index contributed by atoms with van der Waals surface area (Å²) in [6.45, 7) is 0.743. The van der Waals surface area contributed by atoms with Gasteiger partial charge in [0, 0.05) is 11.6 Å². The molecule has 1 aliphatic rings. The molecule has 0 radical (unpaired) electrons. The van der Waals surface area contributed by atoms with Crippen LogP contribution in [0.4, 0.5) is 0 Å². The van der Waals surface area contributed by atoms with Crippen molar-refractivity contribution in [3.63, 3.8) is 0 Å². The minimum atomic E-state index is -0.374. The molecule has 1 aromatic heterocycles. The standard InChI is InChI=1S/C14H11N3O2/c15-8-11-7-13(18)16-17-14(11)10-3-4-12-9(6-10)2-1-5-19-12/h3-4,6-7H,1-2,5H2,(H,16,18). The van der Waals surface area contributed by atoms with Crippen molar-refractivity contribution in [3.8, 4) is 23.1 Å². The summed E-state index contributed by atoms with van der Waals surface area (Å²) in [6.07, 6.45) is 1.94. The average Bonchev–Trinajstić information content (AvgIpc) is 2.46. The first-order valence-electron chi connectivity index (χ1n) is 6.04. The smallest absolute Gasteiger partial charge is 0.265 e. The molecule has 0 aliphatic carbocycles. The molecule has 0 fully saturated rings. The summed E-state index contributed by atoms with van der Waals surface area (Å²) in [7, 11) is 0. The predicted molar refractivity (Wildman–Crippen MR) is 68.8 cm³/mol. The fourth-order valence-corrected chi connectivity index (χ4v) is 2.22. The molecule has 5 heteroatoms. The largest absolute Gasteiger partial charge is 0.493 e. The lowest BCUT2D eigenvalue weighted by Gasteiger charge is -2.17. The van der Waals surface area contributed by atoms with Gasteiger partial charge in [-0.05, 0) is 36.6 Å². The monoisotopic (exact) mass is 253 g/mol. The topological polar surface area (TPSA) is 78.8 Å². The zero-order valence-corrected chi connectivity index (χ0v) is 10.1. The number of benzene rings is 1. The van der Waals surface area contributed by atoms with Gasteiger partial charge in [0.2, 0.25) is 0 Å². The summed E-state index contributed by atoms with van der Waals surface area (Å²) in [5.41, 5.74) is 2.33. The molecular formula is C14H11N3O2. The highest BCUT2D eigenvalue weighted by Crippen LogP contribution is 2.29. The van der Waals surface area contributed by atoms with E-state index >= 15 is 0 Å². The van der Waals surface area contributed by atoms with E-state index in [2.05, 4.69) is 10.2 Å². The molecule has 2 heterocycles. The number of fused-ring (bicyclic) bond motifs is 1. The van der Waals surface area contributed by atoms with Gasteiger partial charge in [-0.1, -0.05) is 0 Å². The maximum atomic E-state index is 11.2. The quantitative estimate of drug-likeness (QED) is 0.837. The highest BCUT2D eigenvalue weighted by molar-refractivity contribution is 5.67. The highest BCUT2D eigenvalue weighted by atomic mass is 16.5. The number of nitrogens with zero attached hydrogens (tertiary/aromatic N) is 2. The number of nitrogens with one attached hydrogen (secondary N) is 1. The number of rotatable bonds is 1. The predicted octanol–water partition coefficient (Wildman–Crippen LogP) is 1.63. The molecular weight excluding hydrogens is 242 g/mol. The number of aromatic amines is 1. The molecule has 1 aliphatic heterocycles. The van der Waals surface area contributed by atoms with Crippen LogP contribution < -0.4 is 10.3 Å². The van der Waals surface area contributed by atoms with Crippen LogP contribution in [0.5, 0.6) is 5.75 Å². The first-order chi connectivity index (χ1) is 9.28. The van der Waals surface area contributed by atoms with Crippen LogP contribution in [0.1, 0.15) is 17.5 Å². The number of aromatic nitrogens is 2. The van der Waals surface area contributed by atoms with Crippen LogP contribution in [0.25, 0.3) is 11.3 Å². The summed E-state index contributed by atoms with van der Waals surface area (Å²) in [6, 6.07) is 8.97. The van der Waals surface area contributed by atoms with Crippen molar-refractivity contribution in [1.29, 1.82) is 5.26 Å². The van der Waals surface area contributed by atoms with E-state index in [-0.39, 0.29) is 11.1 Å². The van der Waals surface area contributed by atoms with E-state index in [4.69, 9.17) is 10.00 Å². The maximum Gasteiger partial charge on any atom is 0.265 e. The second kappa shape index (κ2) is 4.58. The van der Waals surface area contributed by atoms with Crippen molar-refractivity contribution in [1.82, 2.24) is 10.2 Å². The number of H-pyrrole nitrogens is 1. The molecule has 1 aromatic carbocycles. The van der Waals surface area contributed by atoms with Crippen LogP contribution in [-0.2, 0) is 6.42 Å². The van der Waals surface area contributed by atoms with E-state index in [1.807, 2.05) is 24.3 Å². The van der Waals surface area contributed by atoms with Gasteiger partial charge in [0.05, 0.1) is 12.2 Å². The van der Waals surface area contributed by atoms with Gasteiger partial charge in [0.25, 0.3) is 5.56 Å². The van der Waals surface area contributed by atoms with Crippen molar-refractivity contribution in [3.05, 3.63) is 45.7 Å². The lowest BCUT2D eigenvalue weighted by Crippen LogP contribution is -2.10. The van der Waals surface area contributed by atoms with E-state index in [1.165, 1.54) is 6.07 Å². The van der Waals surface area contributed by atoms with Crippen molar-refractivity contribution in [2.75, 3.05) is 6.61 Å².